The Morgan fingerprint density at radius 1 is 0.477 bits per heavy atom. The van der Waals surface area contributed by atoms with E-state index in [0.717, 1.165) is 18.8 Å². The van der Waals surface area contributed by atoms with Gasteiger partial charge >= 0.3 is 5.97 Å². The van der Waals surface area contributed by atoms with Crippen LogP contribution in [0.15, 0.2) is 12.2 Å². The number of hydrogen-bond donors (Lipinski definition) is 0. The Morgan fingerprint density at radius 3 is 1.27 bits per heavy atom. The van der Waals surface area contributed by atoms with Crippen molar-refractivity contribution in [2.75, 3.05) is 6.61 Å². The van der Waals surface area contributed by atoms with Crippen molar-refractivity contribution in [1.29, 1.82) is 0 Å². The number of esters is 1. The van der Waals surface area contributed by atoms with E-state index in [1.165, 1.54) is 199 Å². The molecule has 0 rings (SSSR count). The van der Waals surface area contributed by atoms with Gasteiger partial charge in [-0.3, -0.25) is 4.79 Å². The molecule has 0 bridgehead atoms. The molecule has 0 saturated carbocycles. The lowest BCUT2D eigenvalue weighted by molar-refractivity contribution is -0.143. The molecule has 0 amide bonds. The van der Waals surface area contributed by atoms with E-state index in [2.05, 4.69) is 32.9 Å². The second-order valence-corrected chi connectivity index (χ2v) is 14.2. The van der Waals surface area contributed by atoms with Gasteiger partial charge in [-0.05, 0) is 44.4 Å². The Hall–Kier alpha value is -0.790. The minimum atomic E-state index is 0.0251. The highest BCUT2D eigenvalue weighted by Gasteiger charge is 2.03. The standard InChI is InChI=1S/C42H82O2/c1-4-6-7-8-9-10-11-12-13-14-18-21-24-27-30-33-36-39-42(43)44-40-37-34-31-28-25-22-19-16-15-17-20-23-26-29-32-35-38-41(3)5-2/h10-11,41H,4-9,12-40H2,1-3H3. The van der Waals surface area contributed by atoms with Crippen LogP contribution in [0.4, 0.5) is 0 Å². The summed E-state index contributed by atoms with van der Waals surface area (Å²) in [4.78, 5) is 12.0. The van der Waals surface area contributed by atoms with Crippen molar-refractivity contribution < 1.29 is 9.53 Å². The summed E-state index contributed by atoms with van der Waals surface area (Å²) >= 11 is 0. The summed E-state index contributed by atoms with van der Waals surface area (Å²) < 4.78 is 5.46. The first-order chi connectivity index (χ1) is 21.7. The van der Waals surface area contributed by atoms with Gasteiger partial charge in [-0.2, -0.15) is 0 Å². The van der Waals surface area contributed by atoms with E-state index in [-0.39, 0.29) is 5.97 Å². The Labute approximate surface area is 278 Å². The molecule has 0 N–H and O–H groups in total. The van der Waals surface area contributed by atoms with Crippen LogP contribution in [0, 0.1) is 5.92 Å². The first-order valence-electron chi connectivity index (χ1n) is 20.5. The number of allylic oxidation sites excluding steroid dienone is 2. The number of hydrogen-bond acceptors (Lipinski definition) is 2. The van der Waals surface area contributed by atoms with E-state index >= 15 is 0 Å². The molecule has 0 radical (unpaired) electrons. The van der Waals surface area contributed by atoms with Crippen LogP contribution in [0.1, 0.15) is 239 Å². The number of rotatable bonds is 37. The molecule has 0 aliphatic heterocycles. The minimum absolute atomic E-state index is 0.0251. The van der Waals surface area contributed by atoms with Gasteiger partial charge in [0.1, 0.15) is 0 Å². The summed E-state index contributed by atoms with van der Waals surface area (Å²) in [5, 5.41) is 0. The SMILES string of the molecule is CCCCCCC=CCCCCCCCCCCCC(=O)OCCCCCCCCCCCCCCCCCCC(C)CC. The predicted octanol–water partition coefficient (Wildman–Crippen LogP) is 15.0. The van der Waals surface area contributed by atoms with E-state index in [1.54, 1.807) is 0 Å². The van der Waals surface area contributed by atoms with Gasteiger partial charge < -0.3 is 4.74 Å². The molecule has 0 aromatic heterocycles. The Bertz CT molecular complexity index is 568. The lowest BCUT2D eigenvalue weighted by atomic mass is 9.99. The van der Waals surface area contributed by atoms with Crippen molar-refractivity contribution in [2.45, 2.75) is 239 Å². The highest BCUT2D eigenvalue weighted by Crippen LogP contribution is 2.17. The molecule has 2 nitrogen and oxygen atoms in total. The summed E-state index contributed by atoms with van der Waals surface area (Å²) in [6.07, 6.45) is 50.0. The highest BCUT2D eigenvalue weighted by atomic mass is 16.5. The quantitative estimate of drug-likeness (QED) is 0.0393. The maximum atomic E-state index is 12.0. The second-order valence-electron chi connectivity index (χ2n) is 14.2. The molecule has 0 aromatic carbocycles. The molecule has 1 unspecified atom stereocenters. The molecule has 1 atom stereocenters. The van der Waals surface area contributed by atoms with Crippen molar-refractivity contribution in [2.24, 2.45) is 5.92 Å². The van der Waals surface area contributed by atoms with Gasteiger partial charge in [0, 0.05) is 6.42 Å². The molecule has 0 aliphatic rings. The van der Waals surface area contributed by atoms with Gasteiger partial charge in [-0.25, -0.2) is 0 Å². The fourth-order valence-corrected chi connectivity index (χ4v) is 6.23. The molecule has 2 heteroatoms. The Balaban J connectivity index is 3.18. The zero-order valence-electron chi connectivity index (χ0n) is 30.8. The number of carbonyl (C=O) groups excluding carboxylic acids is 1. The van der Waals surface area contributed by atoms with Gasteiger partial charge in [-0.15, -0.1) is 0 Å². The van der Waals surface area contributed by atoms with Gasteiger partial charge in [-0.1, -0.05) is 206 Å². The molecular formula is C42H82O2. The fourth-order valence-electron chi connectivity index (χ4n) is 6.23. The summed E-state index contributed by atoms with van der Waals surface area (Å²) in [7, 11) is 0. The largest absolute Gasteiger partial charge is 0.466 e. The zero-order valence-corrected chi connectivity index (χ0v) is 30.8. The minimum Gasteiger partial charge on any atom is -0.466 e. The smallest absolute Gasteiger partial charge is 0.305 e. The Morgan fingerprint density at radius 2 is 0.841 bits per heavy atom. The van der Waals surface area contributed by atoms with Crippen LogP contribution in [0.5, 0.6) is 0 Å². The predicted molar refractivity (Wildman–Crippen MR) is 198 cm³/mol. The fraction of sp³-hybridized carbons (Fsp3) is 0.929. The lowest BCUT2D eigenvalue weighted by Crippen LogP contribution is -2.05. The van der Waals surface area contributed by atoms with Crippen molar-refractivity contribution >= 4 is 5.97 Å². The average molecular weight is 619 g/mol. The van der Waals surface area contributed by atoms with E-state index in [1.807, 2.05) is 0 Å². The monoisotopic (exact) mass is 619 g/mol. The molecule has 0 fully saturated rings. The molecule has 262 valence electrons. The first-order valence-corrected chi connectivity index (χ1v) is 20.5. The van der Waals surface area contributed by atoms with Gasteiger partial charge in [0.25, 0.3) is 0 Å². The van der Waals surface area contributed by atoms with Crippen molar-refractivity contribution in [3.05, 3.63) is 12.2 Å². The molecule has 0 saturated heterocycles. The highest BCUT2D eigenvalue weighted by molar-refractivity contribution is 5.69. The third kappa shape index (κ3) is 37.4. The Kier molecular flexibility index (Phi) is 37.7. The van der Waals surface area contributed by atoms with Crippen molar-refractivity contribution in [1.82, 2.24) is 0 Å². The molecular weight excluding hydrogens is 536 g/mol. The van der Waals surface area contributed by atoms with E-state index in [9.17, 15) is 4.79 Å². The van der Waals surface area contributed by atoms with Gasteiger partial charge in [0.05, 0.1) is 6.61 Å². The normalized spacial score (nSPS) is 12.3. The van der Waals surface area contributed by atoms with Crippen LogP contribution in [-0.2, 0) is 9.53 Å². The zero-order chi connectivity index (χ0) is 32.0. The van der Waals surface area contributed by atoms with Crippen LogP contribution < -0.4 is 0 Å². The summed E-state index contributed by atoms with van der Waals surface area (Å²) in [6.45, 7) is 7.61. The van der Waals surface area contributed by atoms with Crippen molar-refractivity contribution in [3.8, 4) is 0 Å². The maximum Gasteiger partial charge on any atom is 0.305 e. The number of unbranched alkanes of at least 4 members (excludes halogenated alkanes) is 28. The third-order valence-electron chi connectivity index (χ3n) is 9.69. The topological polar surface area (TPSA) is 26.3 Å². The van der Waals surface area contributed by atoms with Crippen LogP contribution >= 0.6 is 0 Å². The molecule has 0 heterocycles. The third-order valence-corrected chi connectivity index (χ3v) is 9.69. The van der Waals surface area contributed by atoms with Crippen LogP contribution in [-0.4, -0.2) is 12.6 Å². The van der Waals surface area contributed by atoms with Crippen LogP contribution in [0.2, 0.25) is 0 Å². The molecule has 0 aliphatic carbocycles. The maximum absolute atomic E-state index is 12.0. The van der Waals surface area contributed by atoms with E-state index in [0.29, 0.717) is 13.0 Å². The van der Waals surface area contributed by atoms with Gasteiger partial charge in [0.2, 0.25) is 0 Å². The summed E-state index contributed by atoms with van der Waals surface area (Å²) in [5.41, 5.74) is 0. The average Bonchev–Trinajstić information content (AvgIpc) is 3.03. The van der Waals surface area contributed by atoms with Crippen LogP contribution in [0.3, 0.4) is 0 Å². The van der Waals surface area contributed by atoms with Crippen molar-refractivity contribution in [3.63, 3.8) is 0 Å². The van der Waals surface area contributed by atoms with Gasteiger partial charge in [0.15, 0.2) is 0 Å². The lowest BCUT2D eigenvalue weighted by Gasteiger charge is -2.07. The van der Waals surface area contributed by atoms with E-state index in [4.69, 9.17) is 4.74 Å². The number of ether oxygens (including phenoxy) is 1. The van der Waals surface area contributed by atoms with Crippen LogP contribution in [0.25, 0.3) is 0 Å². The molecule has 44 heavy (non-hydrogen) atoms. The van der Waals surface area contributed by atoms with E-state index < -0.39 is 0 Å². The summed E-state index contributed by atoms with van der Waals surface area (Å²) in [5.74, 6) is 0.954. The number of carbonyl (C=O) groups is 1. The summed E-state index contributed by atoms with van der Waals surface area (Å²) in [6, 6.07) is 0. The first kappa shape index (κ1) is 43.2. The molecule has 0 spiro atoms. The second kappa shape index (κ2) is 38.4. The molecule has 0 aromatic rings.